The maximum absolute atomic E-state index is 13.9. The van der Waals surface area contributed by atoms with Crippen molar-refractivity contribution in [3.05, 3.63) is 101 Å². The van der Waals surface area contributed by atoms with Crippen LogP contribution < -0.4 is 4.74 Å². The second kappa shape index (κ2) is 11.0. The van der Waals surface area contributed by atoms with Gasteiger partial charge in [0.05, 0.1) is 0 Å². The molecule has 1 amide bonds. The van der Waals surface area contributed by atoms with Gasteiger partial charge >= 0.3 is 0 Å². The number of amides is 1. The number of amidine groups is 1. The van der Waals surface area contributed by atoms with Crippen LogP contribution in [0.3, 0.4) is 0 Å². The molecule has 2 aliphatic heterocycles. The first-order chi connectivity index (χ1) is 18.3. The van der Waals surface area contributed by atoms with Crippen LogP contribution in [0.4, 0.5) is 8.78 Å². The standard InChI is InChI=1S/C31H33F2N3O2/c1-22-4-14-28(15-5-22)38-29-16-20-35(21-17-29)18-3-19-36-23(2)34-31(30(36)37,24-6-10-26(32)11-7-24)25-8-12-27(33)13-9-25/h4-15,29H,3,16-21H2,1-2H3. The van der Waals surface area contributed by atoms with E-state index in [9.17, 15) is 13.6 Å². The van der Waals surface area contributed by atoms with Gasteiger partial charge in [-0.25, -0.2) is 13.8 Å². The van der Waals surface area contributed by atoms with Crippen LogP contribution in [0.25, 0.3) is 0 Å². The Hall–Kier alpha value is -3.58. The zero-order chi connectivity index (χ0) is 26.7. The summed E-state index contributed by atoms with van der Waals surface area (Å²) in [5.74, 6) is 0.549. The van der Waals surface area contributed by atoms with E-state index >= 15 is 0 Å². The van der Waals surface area contributed by atoms with Crippen molar-refractivity contribution in [2.24, 2.45) is 4.99 Å². The van der Waals surface area contributed by atoms with Crippen LogP contribution >= 0.6 is 0 Å². The third kappa shape index (κ3) is 5.34. The van der Waals surface area contributed by atoms with E-state index in [0.717, 1.165) is 44.6 Å². The topological polar surface area (TPSA) is 45.1 Å². The minimum Gasteiger partial charge on any atom is -0.490 e. The number of piperidine rings is 1. The molecule has 0 radical (unpaired) electrons. The Morgan fingerprint density at radius 2 is 1.39 bits per heavy atom. The van der Waals surface area contributed by atoms with Gasteiger partial charge in [0.2, 0.25) is 0 Å². The smallest absolute Gasteiger partial charge is 0.265 e. The number of likely N-dealkylation sites (tertiary alicyclic amines) is 1. The molecule has 1 fully saturated rings. The lowest BCUT2D eigenvalue weighted by atomic mass is 9.82. The summed E-state index contributed by atoms with van der Waals surface area (Å²) in [6.45, 7) is 7.18. The Morgan fingerprint density at radius 1 is 0.842 bits per heavy atom. The minimum atomic E-state index is -1.35. The predicted molar refractivity (Wildman–Crippen MR) is 144 cm³/mol. The molecule has 5 nitrogen and oxygen atoms in total. The molecule has 0 aliphatic carbocycles. The van der Waals surface area contributed by atoms with Crippen LogP contribution in [0.2, 0.25) is 0 Å². The number of aryl methyl sites for hydroxylation is 1. The third-order valence-electron chi connectivity index (χ3n) is 7.51. The van der Waals surface area contributed by atoms with Gasteiger partial charge in [0.1, 0.15) is 29.3 Å². The van der Waals surface area contributed by atoms with Gasteiger partial charge in [-0.15, -0.1) is 0 Å². The monoisotopic (exact) mass is 517 g/mol. The average Bonchev–Trinajstić information content (AvgIpc) is 3.17. The molecule has 2 heterocycles. The Morgan fingerprint density at radius 3 is 1.95 bits per heavy atom. The second-order valence-electron chi connectivity index (χ2n) is 10.2. The van der Waals surface area contributed by atoms with Crippen molar-refractivity contribution in [1.29, 1.82) is 0 Å². The number of rotatable bonds is 8. The molecule has 2 aliphatic rings. The molecule has 7 heteroatoms. The Bertz CT molecular complexity index is 1240. The zero-order valence-corrected chi connectivity index (χ0v) is 21.9. The lowest BCUT2D eigenvalue weighted by molar-refractivity contribution is -0.130. The molecule has 1 saturated heterocycles. The van der Waals surface area contributed by atoms with Crippen LogP contribution in [0.15, 0.2) is 77.8 Å². The van der Waals surface area contributed by atoms with E-state index in [1.54, 1.807) is 29.2 Å². The number of aliphatic imine (C=N–C) groups is 1. The van der Waals surface area contributed by atoms with Gasteiger partial charge in [-0.3, -0.25) is 9.69 Å². The second-order valence-corrected chi connectivity index (χ2v) is 10.2. The van der Waals surface area contributed by atoms with Gasteiger partial charge in [0.15, 0.2) is 5.54 Å². The number of benzene rings is 3. The number of hydrogen-bond acceptors (Lipinski definition) is 4. The Labute approximate surface area is 222 Å². The molecule has 0 bridgehead atoms. The van der Waals surface area contributed by atoms with Gasteiger partial charge in [-0.05, 0) is 87.2 Å². The van der Waals surface area contributed by atoms with E-state index in [0.29, 0.717) is 23.5 Å². The summed E-state index contributed by atoms with van der Waals surface area (Å²) >= 11 is 0. The first kappa shape index (κ1) is 26.0. The van der Waals surface area contributed by atoms with Crippen molar-refractivity contribution in [1.82, 2.24) is 9.80 Å². The van der Waals surface area contributed by atoms with Crippen LogP contribution in [0.1, 0.15) is 42.9 Å². The summed E-state index contributed by atoms with van der Waals surface area (Å²) in [5, 5.41) is 0. The molecular formula is C31H33F2N3O2. The predicted octanol–water partition coefficient (Wildman–Crippen LogP) is 5.71. The van der Waals surface area contributed by atoms with Crippen molar-refractivity contribution >= 4 is 11.7 Å². The molecule has 3 aromatic rings. The maximum Gasteiger partial charge on any atom is 0.265 e. The van der Waals surface area contributed by atoms with E-state index in [1.165, 1.54) is 29.8 Å². The highest BCUT2D eigenvalue weighted by Gasteiger charge is 2.49. The van der Waals surface area contributed by atoms with E-state index in [4.69, 9.17) is 9.73 Å². The fraction of sp³-hybridized carbons (Fsp3) is 0.355. The summed E-state index contributed by atoms with van der Waals surface area (Å²) in [6, 6.07) is 19.8. The first-order valence-corrected chi connectivity index (χ1v) is 13.2. The first-order valence-electron chi connectivity index (χ1n) is 13.2. The van der Waals surface area contributed by atoms with Crippen molar-refractivity contribution in [3.63, 3.8) is 0 Å². The van der Waals surface area contributed by atoms with Gasteiger partial charge in [0.25, 0.3) is 5.91 Å². The number of ether oxygens (including phenoxy) is 1. The molecule has 38 heavy (non-hydrogen) atoms. The lowest BCUT2D eigenvalue weighted by Crippen LogP contribution is -2.43. The molecule has 3 aromatic carbocycles. The summed E-state index contributed by atoms with van der Waals surface area (Å²) in [6.07, 6.45) is 2.95. The van der Waals surface area contributed by atoms with Crippen molar-refractivity contribution < 1.29 is 18.3 Å². The van der Waals surface area contributed by atoms with Gasteiger partial charge < -0.3 is 9.64 Å². The number of nitrogens with zero attached hydrogens (tertiary/aromatic N) is 3. The SMILES string of the molecule is CC1=NC(c2ccc(F)cc2)(c2ccc(F)cc2)C(=O)N1CCCN1CCC(Oc2ccc(C)cc2)CC1. The fourth-order valence-corrected chi connectivity index (χ4v) is 5.39. The lowest BCUT2D eigenvalue weighted by Gasteiger charge is -2.32. The number of carbonyl (C=O) groups is 1. The van der Waals surface area contributed by atoms with Gasteiger partial charge in [-0.2, -0.15) is 0 Å². The highest BCUT2D eigenvalue weighted by atomic mass is 19.1. The van der Waals surface area contributed by atoms with Crippen molar-refractivity contribution in [2.45, 2.75) is 44.8 Å². The van der Waals surface area contributed by atoms with E-state index < -0.39 is 5.54 Å². The largest absolute Gasteiger partial charge is 0.490 e. The van der Waals surface area contributed by atoms with E-state index in [1.807, 2.05) is 19.1 Å². The number of halogens is 2. The van der Waals surface area contributed by atoms with Crippen LogP contribution in [0.5, 0.6) is 5.75 Å². The maximum atomic E-state index is 13.9. The minimum absolute atomic E-state index is 0.196. The van der Waals surface area contributed by atoms with Gasteiger partial charge in [-0.1, -0.05) is 42.0 Å². The third-order valence-corrected chi connectivity index (χ3v) is 7.51. The van der Waals surface area contributed by atoms with Crippen LogP contribution in [0, 0.1) is 18.6 Å². The summed E-state index contributed by atoms with van der Waals surface area (Å²) in [7, 11) is 0. The summed E-state index contributed by atoms with van der Waals surface area (Å²) < 4.78 is 33.6. The van der Waals surface area contributed by atoms with Gasteiger partial charge in [0, 0.05) is 19.6 Å². The Kier molecular flexibility index (Phi) is 7.56. The highest BCUT2D eigenvalue weighted by Crippen LogP contribution is 2.40. The molecule has 0 atom stereocenters. The summed E-state index contributed by atoms with van der Waals surface area (Å²) in [4.78, 5) is 22.9. The molecule has 0 saturated carbocycles. The molecule has 0 spiro atoms. The zero-order valence-electron chi connectivity index (χ0n) is 21.9. The molecule has 198 valence electrons. The average molecular weight is 518 g/mol. The van der Waals surface area contributed by atoms with Crippen LogP contribution in [-0.2, 0) is 10.3 Å². The summed E-state index contributed by atoms with van der Waals surface area (Å²) in [5.41, 5.74) is 0.995. The molecule has 0 aromatic heterocycles. The molecular weight excluding hydrogens is 484 g/mol. The molecule has 0 N–H and O–H groups in total. The fourth-order valence-electron chi connectivity index (χ4n) is 5.39. The quantitative estimate of drug-likeness (QED) is 0.385. The van der Waals surface area contributed by atoms with Crippen LogP contribution in [-0.4, -0.2) is 53.8 Å². The highest BCUT2D eigenvalue weighted by molar-refractivity contribution is 6.09. The Balaban J connectivity index is 1.21. The van der Waals surface area contributed by atoms with E-state index in [2.05, 4.69) is 24.0 Å². The van der Waals surface area contributed by atoms with E-state index in [-0.39, 0.29) is 23.6 Å². The van der Waals surface area contributed by atoms with Crippen molar-refractivity contribution in [3.8, 4) is 5.75 Å². The number of hydrogen-bond donors (Lipinski definition) is 0. The van der Waals surface area contributed by atoms with Crippen molar-refractivity contribution in [2.75, 3.05) is 26.2 Å². The number of carbonyl (C=O) groups excluding carboxylic acids is 1. The molecule has 5 rings (SSSR count). The molecule has 0 unspecified atom stereocenters. The normalized spacial score (nSPS) is 18.1.